The van der Waals surface area contributed by atoms with Gasteiger partial charge in [0, 0.05) is 6.54 Å². The van der Waals surface area contributed by atoms with Gasteiger partial charge in [0.2, 0.25) is 0 Å². The second-order valence-corrected chi connectivity index (χ2v) is 6.97. The number of anilines is 1. The van der Waals surface area contributed by atoms with E-state index in [9.17, 15) is 20.4 Å². The topological polar surface area (TPSA) is 146 Å². The minimum atomic E-state index is -1.21. The molecule has 1 fully saturated rings. The van der Waals surface area contributed by atoms with Crippen molar-refractivity contribution in [3.63, 3.8) is 0 Å². The van der Waals surface area contributed by atoms with Crippen molar-refractivity contribution in [2.24, 2.45) is 0 Å². The number of aryl methyl sites for hydroxylation is 1. The Morgan fingerprint density at radius 1 is 1.07 bits per heavy atom. The molecule has 2 aromatic heterocycles. The van der Waals surface area contributed by atoms with Crippen molar-refractivity contribution in [3.8, 4) is 5.75 Å². The number of imidazole rings is 1. The number of phenolic OH excluding ortho intramolecular Hbond substituents is 1. The number of nitrogens with one attached hydrogen (secondary N) is 1. The molecule has 1 aliphatic rings. The van der Waals surface area contributed by atoms with Gasteiger partial charge in [-0.15, -0.1) is 0 Å². The Hall–Kier alpha value is -2.79. The van der Waals surface area contributed by atoms with Crippen molar-refractivity contribution in [2.45, 2.75) is 37.4 Å². The number of ether oxygens (including phenoxy) is 1. The summed E-state index contributed by atoms with van der Waals surface area (Å²) >= 11 is 0. The molecule has 3 heterocycles. The Labute approximate surface area is 166 Å². The van der Waals surface area contributed by atoms with Gasteiger partial charge in [-0.05, 0) is 30.5 Å². The summed E-state index contributed by atoms with van der Waals surface area (Å²) in [6.45, 7) is 0.262. The molecule has 0 amide bonds. The molecule has 10 nitrogen and oxygen atoms in total. The first-order valence-corrected chi connectivity index (χ1v) is 9.40. The van der Waals surface area contributed by atoms with Crippen molar-refractivity contribution in [1.82, 2.24) is 19.5 Å². The summed E-state index contributed by atoms with van der Waals surface area (Å²) in [6.07, 6.45) is 0.398. The second-order valence-electron chi connectivity index (χ2n) is 6.97. The third-order valence-electron chi connectivity index (χ3n) is 5.02. The highest BCUT2D eigenvalue weighted by atomic mass is 16.6. The van der Waals surface area contributed by atoms with Crippen LogP contribution in [0, 0.1) is 0 Å². The molecule has 1 aliphatic heterocycles. The molecule has 0 aliphatic carbocycles. The highest BCUT2D eigenvalue weighted by molar-refractivity contribution is 5.82. The fourth-order valence-corrected chi connectivity index (χ4v) is 3.44. The first-order chi connectivity index (χ1) is 14.1. The normalized spacial score (nSPS) is 24.2. The van der Waals surface area contributed by atoms with Crippen LogP contribution in [0.3, 0.4) is 0 Å². The number of aromatic hydroxyl groups is 1. The van der Waals surface area contributed by atoms with Crippen LogP contribution in [-0.4, -0.2) is 71.4 Å². The van der Waals surface area contributed by atoms with Crippen LogP contribution >= 0.6 is 0 Å². The van der Waals surface area contributed by atoms with Crippen LogP contribution in [-0.2, 0) is 11.2 Å². The van der Waals surface area contributed by atoms with E-state index in [4.69, 9.17) is 4.74 Å². The molecule has 4 atom stereocenters. The molecule has 0 unspecified atom stereocenters. The molecule has 1 aromatic carbocycles. The first-order valence-electron chi connectivity index (χ1n) is 9.40. The molecule has 0 spiro atoms. The lowest BCUT2D eigenvalue weighted by Gasteiger charge is -2.16. The van der Waals surface area contributed by atoms with Crippen molar-refractivity contribution >= 4 is 17.0 Å². The van der Waals surface area contributed by atoms with E-state index in [-0.39, 0.29) is 5.75 Å². The lowest BCUT2D eigenvalue weighted by Crippen LogP contribution is -2.33. The lowest BCUT2D eigenvalue weighted by atomic mass is 10.1. The van der Waals surface area contributed by atoms with Crippen LogP contribution in [0.2, 0.25) is 0 Å². The van der Waals surface area contributed by atoms with Gasteiger partial charge in [-0.3, -0.25) is 4.57 Å². The summed E-state index contributed by atoms with van der Waals surface area (Å²) in [5.41, 5.74) is 2.11. The average molecular weight is 401 g/mol. The van der Waals surface area contributed by atoms with Gasteiger partial charge < -0.3 is 30.5 Å². The summed E-state index contributed by atoms with van der Waals surface area (Å²) in [6, 6.07) is 7.12. The molecule has 10 heteroatoms. The van der Waals surface area contributed by atoms with Crippen molar-refractivity contribution in [2.75, 3.05) is 18.5 Å². The maximum Gasteiger partial charge on any atom is 0.167 e. The van der Waals surface area contributed by atoms with Gasteiger partial charge in [0.1, 0.15) is 30.4 Å². The number of aliphatic hydroxyl groups excluding tert-OH is 3. The maximum absolute atomic E-state index is 10.2. The zero-order valence-electron chi connectivity index (χ0n) is 15.6. The zero-order valence-corrected chi connectivity index (χ0v) is 15.6. The van der Waals surface area contributed by atoms with E-state index in [0.29, 0.717) is 23.5 Å². The van der Waals surface area contributed by atoms with Crippen LogP contribution in [0.15, 0.2) is 36.9 Å². The van der Waals surface area contributed by atoms with Gasteiger partial charge in [0.25, 0.3) is 0 Å². The summed E-state index contributed by atoms with van der Waals surface area (Å²) in [4.78, 5) is 12.8. The summed E-state index contributed by atoms with van der Waals surface area (Å²) in [5.74, 6) is 0.811. The number of rotatable bonds is 7. The SMILES string of the molecule is OC[C@H]1O[C@@H](n2cnc3c(NCCCc4ccc(O)cc4)ncnc32)[C@H](O)[C@@H]1O. The van der Waals surface area contributed by atoms with Gasteiger partial charge in [0.15, 0.2) is 23.2 Å². The molecule has 3 aromatic rings. The number of fused-ring (bicyclic) bond motifs is 1. The minimum absolute atomic E-state index is 0.250. The van der Waals surface area contributed by atoms with Crippen LogP contribution in [0.25, 0.3) is 11.2 Å². The van der Waals surface area contributed by atoms with Gasteiger partial charge >= 0.3 is 0 Å². The molecule has 0 bridgehead atoms. The fraction of sp³-hybridized carbons (Fsp3) is 0.421. The smallest absolute Gasteiger partial charge is 0.167 e. The molecule has 1 saturated heterocycles. The van der Waals surface area contributed by atoms with Crippen LogP contribution in [0.1, 0.15) is 18.2 Å². The average Bonchev–Trinajstić information content (AvgIpc) is 3.28. The van der Waals surface area contributed by atoms with E-state index < -0.39 is 31.1 Å². The van der Waals surface area contributed by atoms with Crippen LogP contribution < -0.4 is 5.32 Å². The molecule has 0 saturated carbocycles. The van der Waals surface area contributed by atoms with Crippen molar-refractivity contribution in [3.05, 3.63) is 42.5 Å². The Morgan fingerprint density at radius 2 is 1.86 bits per heavy atom. The predicted molar refractivity (Wildman–Crippen MR) is 103 cm³/mol. The van der Waals surface area contributed by atoms with Crippen LogP contribution in [0.4, 0.5) is 5.82 Å². The van der Waals surface area contributed by atoms with E-state index in [1.807, 2.05) is 12.1 Å². The largest absolute Gasteiger partial charge is 0.508 e. The molecule has 5 N–H and O–H groups in total. The van der Waals surface area contributed by atoms with Crippen molar-refractivity contribution < 1.29 is 25.2 Å². The first kappa shape index (κ1) is 19.5. The summed E-state index contributed by atoms with van der Waals surface area (Å²) in [7, 11) is 0. The summed E-state index contributed by atoms with van der Waals surface area (Å²) in [5, 5.41) is 42.1. The molecule has 4 rings (SSSR count). The monoisotopic (exact) mass is 401 g/mol. The molecular formula is C19H23N5O5. The van der Waals surface area contributed by atoms with E-state index >= 15 is 0 Å². The lowest BCUT2D eigenvalue weighted by molar-refractivity contribution is -0.0511. The van der Waals surface area contributed by atoms with Gasteiger partial charge in [0.05, 0.1) is 12.9 Å². The second kappa shape index (κ2) is 8.29. The Bertz CT molecular complexity index is 963. The number of aromatic nitrogens is 4. The fourth-order valence-electron chi connectivity index (χ4n) is 3.44. The zero-order chi connectivity index (χ0) is 20.4. The predicted octanol–water partition coefficient (Wildman–Crippen LogP) is 0.188. The number of hydrogen-bond donors (Lipinski definition) is 5. The van der Waals surface area contributed by atoms with Gasteiger partial charge in [-0.2, -0.15) is 0 Å². The Kier molecular flexibility index (Phi) is 5.58. The number of aliphatic hydroxyl groups is 3. The van der Waals surface area contributed by atoms with Gasteiger partial charge in [-0.1, -0.05) is 12.1 Å². The third-order valence-corrected chi connectivity index (χ3v) is 5.02. The molecular weight excluding hydrogens is 378 g/mol. The molecule has 0 radical (unpaired) electrons. The molecule has 154 valence electrons. The number of phenols is 1. The number of hydrogen-bond acceptors (Lipinski definition) is 9. The maximum atomic E-state index is 10.2. The van der Waals surface area contributed by atoms with E-state index in [1.54, 1.807) is 12.1 Å². The quantitative estimate of drug-likeness (QED) is 0.350. The number of benzene rings is 1. The van der Waals surface area contributed by atoms with Crippen molar-refractivity contribution in [1.29, 1.82) is 0 Å². The third kappa shape index (κ3) is 3.87. The van der Waals surface area contributed by atoms with E-state index in [2.05, 4.69) is 20.3 Å². The Balaban J connectivity index is 1.44. The summed E-state index contributed by atoms with van der Waals surface area (Å²) < 4.78 is 7.09. The number of nitrogens with zero attached hydrogens (tertiary/aromatic N) is 4. The van der Waals surface area contributed by atoms with E-state index in [1.165, 1.54) is 17.2 Å². The van der Waals surface area contributed by atoms with E-state index in [0.717, 1.165) is 18.4 Å². The van der Waals surface area contributed by atoms with Crippen LogP contribution in [0.5, 0.6) is 5.75 Å². The Morgan fingerprint density at radius 3 is 2.59 bits per heavy atom. The highest BCUT2D eigenvalue weighted by Gasteiger charge is 2.44. The molecule has 29 heavy (non-hydrogen) atoms. The highest BCUT2D eigenvalue weighted by Crippen LogP contribution is 2.32. The van der Waals surface area contributed by atoms with Gasteiger partial charge in [-0.25, -0.2) is 15.0 Å². The minimum Gasteiger partial charge on any atom is -0.508 e. The standard InChI is InChI=1S/C19H23N5O5/c25-8-13-15(27)16(28)19(29-13)24-10-23-14-17(21-9-22-18(14)24)20-7-1-2-11-3-5-12(26)6-4-11/h3-6,9-10,13,15-16,19,25-28H,1-2,7-8H2,(H,20,21,22)/t13-,15-,16-,19-/m1/s1.